The molecule has 1 heterocycles. The molecular formula is C9H12O. The summed E-state index contributed by atoms with van der Waals surface area (Å²) in [6, 6.07) is 0. The smallest absolute Gasteiger partial charge is 0.0878 e. The molecule has 3 aliphatic carbocycles. The first-order valence-electron chi connectivity index (χ1n) is 4.57. The van der Waals surface area contributed by atoms with Crippen LogP contribution in [0.3, 0.4) is 0 Å². The molecule has 1 saturated heterocycles. The highest BCUT2D eigenvalue weighted by molar-refractivity contribution is 5.23. The van der Waals surface area contributed by atoms with E-state index in [-0.39, 0.29) is 0 Å². The highest BCUT2D eigenvalue weighted by Gasteiger charge is 2.75. The zero-order valence-corrected chi connectivity index (χ0v) is 6.05. The van der Waals surface area contributed by atoms with Crippen molar-refractivity contribution in [1.29, 1.82) is 0 Å². The molecule has 4 rings (SSSR count). The van der Waals surface area contributed by atoms with Gasteiger partial charge in [-0.1, -0.05) is 0 Å². The Morgan fingerprint density at radius 2 is 1.60 bits per heavy atom. The number of ether oxygens (including phenoxy) is 1. The molecule has 3 saturated carbocycles. The van der Waals surface area contributed by atoms with Gasteiger partial charge in [-0.3, -0.25) is 0 Å². The summed E-state index contributed by atoms with van der Waals surface area (Å²) in [4.78, 5) is 0. The summed E-state index contributed by atoms with van der Waals surface area (Å²) in [6.07, 6.45) is 7.55. The summed E-state index contributed by atoms with van der Waals surface area (Å²) in [7, 11) is 0. The monoisotopic (exact) mass is 136 g/mol. The van der Waals surface area contributed by atoms with Crippen LogP contribution in [-0.4, -0.2) is 12.2 Å². The van der Waals surface area contributed by atoms with Gasteiger partial charge < -0.3 is 4.74 Å². The van der Waals surface area contributed by atoms with Crippen LogP contribution < -0.4 is 0 Å². The van der Waals surface area contributed by atoms with Gasteiger partial charge >= 0.3 is 0 Å². The van der Waals surface area contributed by atoms with Crippen molar-refractivity contribution in [2.45, 2.75) is 37.9 Å². The SMILES string of the molecule is C1CC23CCC2C2OC2C13. The number of hydrogen-bond donors (Lipinski definition) is 0. The maximum atomic E-state index is 5.62. The van der Waals surface area contributed by atoms with Crippen molar-refractivity contribution < 1.29 is 4.74 Å². The molecule has 1 spiro atoms. The number of rotatable bonds is 0. The number of hydrogen-bond acceptors (Lipinski definition) is 1. The minimum absolute atomic E-state index is 0.751. The molecule has 0 amide bonds. The normalized spacial score (nSPS) is 74.4. The Labute approximate surface area is 60.7 Å². The Bertz CT molecular complexity index is 189. The van der Waals surface area contributed by atoms with Crippen LogP contribution in [0.5, 0.6) is 0 Å². The quantitative estimate of drug-likeness (QED) is 0.460. The topological polar surface area (TPSA) is 12.5 Å². The summed E-state index contributed by atoms with van der Waals surface area (Å²) in [5, 5.41) is 0. The average molecular weight is 136 g/mol. The lowest BCUT2D eigenvalue weighted by molar-refractivity contribution is -0.118. The van der Waals surface area contributed by atoms with Crippen LogP contribution in [0.4, 0.5) is 0 Å². The van der Waals surface area contributed by atoms with E-state index in [2.05, 4.69) is 0 Å². The molecule has 0 aromatic heterocycles. The zero-order valence-electron chi connectivity index (χ0n) is 6.05. The molecule has 1 nitrogen and oxygen atoms in total. The largest absolute Gasteiger partial charge is 0.369 e. The Morgan fingerprint density at radius 3 is 1.90 bits per heavy atom. The van der Waals surface area contributed by atoms with Gasteiger partial charge in [-0.15, -0.1) is 0 Å². The summed E-state index contributed by atoms with van der Waals surface area (Å²) in [5.41, 5.74) is 0.869. The van der Waals surface area contributed by atoms with Crippen molar-refractivity contribution in [2.75, 3.05) is 0 Å². The molecule has 4 aliphatic rings. The molecule has 0 radical (unpaired) electrons. The molecular weight excluding hydrogens is 124 g/mol. The van der Waals surface area contributed by atoms with E-state index in [1.165, 1.54) is 12.8 Å². The number of epoxide rings is 1. The fraction of sp³-hybridized carbons (Fsp3) is 1.00. The molecule has 4 fully saturated rings. The van der Waals surface area contributed by atoms with E-state index in [4.69, 9.17) is 4.74 Å². The molecule has 4 atom stereocenters. The molecule has 1 aliphatic heterocycles. The van der Waals surface area contributed by atoms with Gasteiger partial charge in [-0.25, -0.2) is 0 Å². The first kappa shape index (κ1) is 4.76. The van der Waals surface area contributed by atoms with E-state index in [0.717, 1.165) is 29.5 Å². The molecule has 4 unspecified atom stereocenters. The second-order valence-electron chi connectivity index (χ2n) is 4.59. The van der Waals surface area contributed by atoms with Crippen molar-refractivity contribution >= 4 is 0 Å². The van der Waals surface area contributed by atoms with Gasteiger partial charge in [0.1, 0.15) is 0 Å². The van der Waals surface area contributed by atoms with Crippen molar-refractivity contribution in [3.63, 3.8) is 0 Å². The van der Waals surface area contributed by atoms with Gasteiger partial charge in [0.2, 0.25) is 0 Å². The highest BCUT2D eigenvalue weighted by Crippen LogP contribution is 2.75. The van der Waals surface area contributed by atoms with Crippen LogP contribution >= 0.6 is 0 Å². The third kappa shape index (κ3) is 0.268. The van der Waals surface area contributed by atoms with Crippen LogP contribution in [0.25, 0.3) is 0 Å². The van der Waals surface area contributed by atoms with E-state index < -0.39 is 0 Å². The van der Waals surface area contributed by atoms with E-state index in [0.29, 0.717) is 0 Å². The highest BCUT2D eigenvalue weighted by atomic mass is 16.6. The Hall–Kier alpha value is -0.0400. The maximum Gasteiger partial charge on any atom is 0.0878 e. The van der Waals surface area contributed by atoms with Gasteiger partial charge in [0, 0.05) is 0 Å². The predicted octanol–water partition coefficient (Wildman–Crippen LogP) is 1.57. The zero-order chi connectivity index (χ0) is 6.34. The predicted molar refractivity (Wildman–Crippen MR) is 36.5 cm³/mol. The van der Waals surface area contributed by atoms with Crippen LogP contribution in [0.2, 0.25) is 0 Å². The lowest BCUT2D eigenvalue weighted by atomic mass is 9.48. The summed E-state index contributed by atoms with van der Waals surface area (Å²) >= 11 is 0. The van der Waals surface area contributed by atoms with E-state index in [1.807, 2.05) is 0 Å². The second kappa shape index (κ2) is 1.08. The summed E-state index contributed by atoms with van der Waals surface area (Å²) < 4.78 is 5.62. The molecule has 10 heavy (non-hydrogen) atoms. The fourth-order valence-corrected chi connectivity index (χ4v) is 3.90. The lowest BCUT2D eigenvalue weighted by Gasteiger charge is -2.57. The second-order valence-corrected chi connectivity index (χ2v) is 4.59. The number of fused-ring (bicyclic) bond motifs is 3. The molecule has 0 bridgehead atoms. The summed E-state index contributed by atoms with van der Waals surface area (Å²) in [6.45, 7) is 0. The molecule has 0 N–H and O–H groups in total. The van der Waals surface area contributed by atoms with Gasteiger partial charge in [0.15, 0.2) is 0 Å². The molecule has 54 valence electrons. The standard InChI is InChI=1S/C9H12O/c1-3-9-4-2-6(9)8-7(10-8)5(1)9/h5-8H,1-4H2. The lowest BCUT2D eigenvalue weighted by Crippen LogP contribution is -2.51. The first-order valence-corrected chi connectivity index (χ1v) is 4.57. The van der Waals surface area contributed by atoms with Gasteiger partial charge in [-0.2, -0.15) is 0 Å². The van der Waals surface area contributed by atoms with Crippen LogP contribution in [-0.2, 0) is 4.74 Å². The Morgan fingerprint density at radius 1 is 1.00 bits per heavy atom. The molecule has 1 heteroatoms. The Kier molecular flexibility index (Phi) is 0.513. The van der Waals surface area contributed by atoms with Crippen molar-refractivity contribution in [3.8, 4) is 0 Å². The van der Waals surface area contributed by atoms with E-state index >= 15 is 0 Å². The third-order valence-electron chi connectivity index (χ3n) is 4.67. The van der Waals surface area contributed by atoms with Crippen LogP contribution in [0.1, 0.15) is 25.7 Å². The minimum atomic E-state index is 0.751. The van der Waals surface area contributed by atoms with Crippen molar-refractivity contribution in [2.24, 2.45) is 17.3 Å². The van der Waals surface area contributed by atoms with Crippen LogP contribution in [0.15, 0.2) is 0 Å². The first-order chi connectivity index (χ1) is 4.92. The Balaban J connectivity index is 1.85. The van der Waals surface area contributed by atoms with E-state index in [9.17, 15) is 0 Å². The van der Waals surface area contributed by atoms with Gasteiger partial charge in [-0.05, 0) is 42.9 Å². The van der Waals surface area contributed by atoms with Gasteiger partial charge in [0.05, 0.1) is 12.2 Å². The minimum Gasteiger partial charge on any atom is -0.369 e. The van der Waals surface area contributed by atoms with Crippen molar-refractivity contribution in [1.82, 2.24) is 0 Å². The molecule has 0 aromatic carbocycles. The van der Waals surface area contributed by atoms with Crippen molar-refractivity contribution in [3.05, 3.63) is 0 Å². The van der Waals surface area contributed by atoms with Crippen LogP contribution in [0, 0.1) is 17.3 Å². The summed E-state index contributed by atoms with van der Waals surface area (Å²) in [5.74, 6) is 2.05. The maximum absolute atomic E-state index is 5.62. The third-order valence-corrected chi connectivity index (χ3v) is 4.67. The van der Waals surface area contributed by atoms with E-state index in [1.54, 1.807) is 12.8 Å². The fourth-order valence-electron chi connectivity index (χ4n) is 3.90. The van der Waals surface area contributed by atoms with Gasteiger partial charge in [0.25, 0.3) is 0 Å². The average Bonchev–Trinajstić information content (AvgIpc) is 2.38. The molecule has 0 aromatic rings.